The number of hydrogen-bond acceptors (Lipinski definition) is 6. The first-order chi connectivity index (χ1) is 10.9. The van der Waals surface area contributed by atoms with E-state index in [0.29, 0.717) is 25.9 Å². The van der Waals surface area contributed by atoms with E-state index in [1.807, 2.05) is 4.90 Å². The Morgan fingerprint density at radius 2 is 2.17 bits per heavy atom. The Labute approximate surface area is 132 Å². The van der Waals surface area contributed by atoms with Gasteiger partial charge in [0.05, 0.1) is 24.6 Å². The number of likely N-dealkylation sites (tertiary alicyclic amines) is 1. The zero-order valence-electron chi connectivity index (χ0n) is 12.8. The van der Waals surface area contributed by atoms with Crippen molar-refractivity contribution in [1.29, 1.82) is 0 Å². The Morgan fingerprint density at radius 3 is 2.70 bits per heavy atom. The van der Waals surface area contributed by atoms with Crippen molar-refractivity contribution >= 4 is 17.3 Å². The third-order valence-electron chi connectivity index (χ3n) is 3.79. The number of piperidine rings is 1. The highest BCUT2D eigenvalue weighted by Gasteiger charge is 2.24. The monoisotopic (exact) mass is 326 g/mol. The number of nitro benzene ring substituents is 1. The van der Waals surface area contributed by atoms with E-state index in [9.17, 15) is 19.3 Å². The highest BCUT2D eigenvalue weighted by atomic mass is 19.1. The average Bonchev–Trinajstić information content (AvgIpc) is 2.49. The van der Waals surface area contributed by atoms with Gasteiger partial charge >= 0.3 is 0 Å². The fourth-order valence-corrected chi connectivity index (χ4v) is 2.64. The van der Waals surface area contributed by atoms with Crippen LogP contribution in [0.5, 0.6) is 5.75 Å². The summed E-state index contributed by atoms with van der Waals surface area (Å²) >= 11 is 0. The molecule has 1 saturated heterocycles. The van der Waals surface area contributed by atoms with E-state index < -0.39 is 10.7 Å². The predicted molar refractivity (Wildman–Crippen MR) is 81.9 cm³/mol. The first-order valence-corrected chi connectivity index (χ1v) is 7.20. The van der Waals surface area contributed by atoms with Gasteiger partial charge in [0.15, 0.2) is 11.6 Å². The van der Waals surface area contributed by atoms with Crippen LogP contribution in [-0.4, -0.2) is 48.5 Å². The summed E-state index contributed by atoms with van der Waals surface area (Å²) in [5.74, 6) is -1.21. The molecule has 1 fully saturated rings. The number of nitrogens with zero attached hydrogens (tertiary/aromatic N) is 2. The van der Waals surface area contributed by atoms with Gasteiger partial charge in [0.1, 0.15) is 5.69 Å². The van der Waals surface area contributed by atoms with Gasteiger partial charge in [-0.05, 0) is 12.8 Å². The molecule has 9 heteroatoms. The average molecular weight is 326 g/mol. The van der Waals surface area contributed by atoms with Crippen molar-refractivity contribution in [1.82, 2.24) is 4.90 Å². The first kappa shape index (κ1) is 16.9. The largest absolute Gasteiger partial charge is 0.494 e. The van der Waals surface area contributed by atoms with Gasteiger partial charge in [-0.15, -0.1) is 0 Å². The number of amides is 1. The topological polar surface area (TPSA) is 111 Å². The van der Waals surface area contributed by atoms with Gasteiger partial charge in [-0.2, -0.15) is 0 Å². The van der Waals surface area contributed by atoms with Crippen LogP contribution in [-0.2, 0) is 4.79 Å². The van der Waals surface area contributed by atoms with Crippen LogP contribution in [0.25, 0.3) is 0 Å². The van der Waals surface area contributed by atoms with Crippen molar-refractivity contribution in [3.8, 4) is 5.75 Å². The Morgan fingerprint density at radius 1 is 1.52 bits per heavy atom. The molecule has 1 aromatic rings. The summed E-state index contributed by atoms with van der Waals surface area (Å²) in [6.07, 6.45) is 1.40. The van der Waals surface area contributed by atoms with Crippen molar-refractivity contribution in [3.63, 3.8) is 0 Å². The number of halogens is 1. The maximum absolute atomic E-state index is 13.6. The molecular formula is C14H19FN4O4. The maximum atomic E-state index is 13.6. The Kier molecular flexibility index (Phi) is 5.32. The smallest absolute Gasteiger partial charge is 0.295 e. The minimum Gasteiger partial charge on any atom is -0.494 e. The second-order valence-electron chi connectivity index (χ2n) is 5.42. The van der Waals surface area contributed by atoms with Crippen molar-refractivity contribution in [3.05, 3.63) is 28.1 Å². The number of methoxy groups -OCH3 is 1. The number of nitrogens with one attached hydrogen (secondary N) is 1. The molecule has 0 bridgehead atoms. The fourth-order valence-electron chi connectivity index (χ4n) is 2.64. The van der Waals surface area contributed by atoms with Gasteiger partial charge in [0.25, 0.3) is 5.69 Å². The number of benzene rings is 1. The van der Waals surface area contributed by atoms with E-state index in [1.165, 1.54) is 13.2 Å². The van der Waals surface area contributed by atoms with Crippen LogP contribution in [0.1, 0.15) is 12.8 Å². The lowest BCUT2D eigenvalue weighted by atomic mass is 10.0. The lowest BCUT2D eigenvalue weighted by Gasteiger charge is -2.31. The number of ether oxygens (including phenoxy) is 1. The number of nitro groups is 1. The summed E-state index contributed by atoms with van der Waals surface area (Å²) in [6.45, 7) is 1.52. The van der Waals surface area contributed by atoms with Gasteiger partial charge < -0.3 is 15.8 Å². The molecule has 3 N–H and O–H groups in total. The van der Waals surface area contributed by atoms with Crippen molar-refractivity contribution < 1.29 is 18.8 Å². The number of hydrogen-bond donors (Lipinski definition) is 2. The molecule has 23 heavy (non-hydrogen) atoms. The van der Waals surface area contributed by atoms with Crippen LogP contribution < -0.4 is 15.8 Å². The van der Waals surface area contributed by atoms with E-state index >= 15 is 0 Å². The van der Waals surface area contributed by atoms with Crippen molar-refractivity contribution in [2.75, 3.05) is 32.1 Å². The molecule has 0 saturated carbocycles. The molecule has 0 aliphatic carbocycles. The molecule has 1 aliphatic rings. The number of primary amides is 1. The van der Waals surface area contributed by atoms with Crippen LogP contribution in [0.4, 0.5) is 15.8 Å². The van der Waals surface area contributed by atoms with Crippen molar-refractivity contribution in [2.45, 2.75) is 18.9 Å². The highest BCUT2D eigenvalue weighted by molar-refractivity contribution is 5.75. The quantitative estimate of drug-likeness (QED) is 0.598. The first-order valence-electron chi connectivity index (χ1n) is 7.20. The molecule has 1 amide bonds. The van der Waals surface area contributed by atoms with E-state index in [4.69, 9.17) is 10.5 Å². The number of anilines is 1. The standard InChI is InChI=1S/C14H19FN4O4/c1-23-13-7-11(12(19(21)22)6-10(13)15)17-9-2-4-18(5-3-9)8-14(16)20/h6-7,9,17H,2-5,8H2,1H3,(H2,16,20). The Bertz CT molecular complexity index is 603. The summed E-state index contributed by atoms with van der Waals surface area (Å²) in [4.78, 5) is 23.3. The minimum atomic E-state index is -0.777. The molecule has 126 valence electrons. The van der Waals surface area contributed by atoms with Crippen LogP contribution >= 0.6 is 0 Å². The molecule has 1 aliphatic heterocycles. The molecule has 0 spiro atoms. The normalized spacial score (nSPS) is 16.1. The van der Waals surface area contributed by atoms with Crippen LogP contribution in [0.2, 0.25) is 0 Å². The summed E-state index contributed by atoms with van der Waals surface area (Å²) < 4.78 is 18.5. The third-order valence-corrected chi connectivity index (χ3v) is 3.79. The summed E-state index contributed by atoms with van der Waals surface area (Å²) in [7, 11) is 1.30. The number of nitrogens with two attached hydrogens (primary N) is 1. The van der Waals surface area contributed by atoms with E-state index in [2.05, 4.69) is 5.32 Å². The zero-order valence-corrected chi connectivity index (χ0v) is 12.8. The van der Waals surface area contributed by atoms with E-state index in [-0.39, 0.29) is 35.6 Å². The number of carbonyl (C=O) groups is 1. The molecule has 0 aromatic heterocycles. The highest BCUT2D eigenvalue weighted by Crippen LogP contribution is 2.33. The molecule has 0 radical (unpaired) electrons. The van der Waals surface area contributed by atoms with Gasteiger partial charge in [0.2, 0.25) is 5.91 Å². The number of carbonyl (C=O) groups excluding carboxylic acids is 1. The summed E-state index contributed by atoms with van der Waals surface area (Å²) in [5.41, 5.74) is 5.05. The van der Waals surface area contributed by atoms with Gasteiger partial charge in [-0.1, -0.05) is 0 Å². The fraction of sp³-hybridized carbons (Fsp3) is 0.500. The van der Waals surface area contributed by atoms with Gasteiger partial charge in [-0.3, -0.25) is 19.8 Å². The van der Waals surface area contributed by atoms with E-state index in [1.54, 1.807) is 0 Å². The molecule has 2 rings (SSSR count). The SMILES string of the molecule is COc1cc(NC2CCN(CC(N)=O)CC2)c([N+](=O)[O-])cc1F. The molecule has 1 aromatic carbocycles. The molecular weight excluding hydrogens is 307 g/mol. The van der Waals surface area contributed by atoms with Crippen LogP contribution in [0.15, 0.2) is 12.1 Å². The molecule has 8 nitrogen and oxygen atoms in total. The van der Waals surface area contributed by atoms with Crippen LogP contribution in [0, 0.1) is 15.9 Å². The number of rotatable bonds is 6. The molecule has 1 heterocycles. The second-order valence-corrected chi connectivity index (χ2v) is 5.42. The summed E-state index contributed by atoms with van der Waals surface area (Å²) in [5, 5.41) is 14.2. The molecule has 0 atom stereocenters. The zero-order chi connectivity index (χ0) is 17.0. The molecule has 0 unspecified atom stereocenters. The minimum absolute atomic E-state index is 0.00649. The lowest BCUT2D eigenvalue weighted by molar-refractivity contribution is -0.384. The maximum Gasteiger partial charge on any atom is 0.295 e. The van der Waals surface area contributed by atoms with E-state index in [0.717, 1.165) is 6.07 Å². The second kappa shape index (κ2) is 7.23. The third kappa shape index (κ3) is 4.28. The van der Waals surface area contributed by atoms with Crippen molar-refractivity contribution in [2.24, 2.45) is 5.73 Å². The Balaban J connectivity index is 2.08. The lowest BCUT2D eigenvalue weighted by Crippen LogP contribution is -2.43. The van der Waals surface area contributed by atoms with Crippen LogP contribution in [0.3, 0.4) is 0 Å². The van der Waals surface area contributed by atoms with Gasteiger partial charge in [0, 0.05) is 25.2 Å². The predicted octanol–water partition coefficient (Wildman–Crippen LogP) is 1.10. The Hall–Kier alpha value is -2.42. The summed E-state index contributed by atoms with van der Waals surface area (Å²) in [6, 6.07) is 2.14. The van der Waals surface area contributed by atoms with Gasteiger partial charge in [-0.25, -0.2) is 4.39 Å².